The second-order valence-corrected chi connectivity index (χ2v) is 7.05. The number of nitrogens with zero attached hydrogens (tertiary/aromatic N) is 1. The number of carbonyl (C=O) groups is 1. The van der Waals surface area contributed by atoms with Crippen LogP contribution in [0.2, 0.25) is 5.02 Å². The zero-order chi connectivity index (χ0) is 21.7. The van der Waals surface area contributed by atoms with Crippen molar-refractivity contribution in [2.75, 3.05) is 14.2 Å². The number of aliphatic carboxylic acids is 1. The van der Waals surface area contributed by atoms with Crippen molar-refractivity contribution in [3.05, 3.63) is 70.7 Å². The molecule has 3 aromatic carbocycles. The second-order valence-electron chi connectivity index (χ2n) is 6.64. The van der Waals surface area contributed by atoms with E-state index in [2.05, 4.69) is 6.07 Å². The fourth-order valence-electron chi connectivity index (χ4n) is 3.32. The molecule has 152 valence electrons. The topological polar surface area (TPSA) is 79.5 Å². The number of hydrogen-bond donors (Lipinski definition) is 1. The lowest BCUT2D eigenvalue weighted by Crippen LogP contribution is -2.00. The summed E-state index contributed by atoms with van der Waals surface area (Å²) < 4.78 is 10.5. The van der Waals surface area contributed by atoms with Crippen LogP contribution in [0, 0.1) is 11.3 Å². The van der Waals surface area contributed by atoms with Gasteiger partial charge in [-0.1, -0.05) is 35.9 Å². The highest BCUT2D eigenvalue weighted by atomic mass is 35.5. The number of aryl methyl sites for hydroxylation is 1. The Kier molecular flexibility index (Phi) is 6.61. The van der Waals surface area contributed by atoms with Crippen LogP contribution in [0.4, 0.5) is 0 Å². The molecule has 0 aromatic heterocycles. The molecule has 0 heterocycles. The molecule has 5 nitrogen and oxygen atoms in total. The van der Waals surface area contributed by atoms with Gasteiger partial charge >= 0.3 is 5.97 Å². The molecular formula is C24H20ClNO4. The van der Waals surface area contributed by atoms with E-state index in [1.807, 2.05) is 36.4 Å². The van der Waals surface area contributed by atoms with Gasteiger partial charge in [0.25, 0.3) is 0 Å². The molecule has 0 atom stereocenters. The van der Waals surface area contributed by atoms with E-state index in [4.69, 9.17) is 26.2 Å². The lowest BCUT2D eigenvalue weighted by molar-refractivity contribution is -0.136. The molecule has 1 N–H and O–H groups in total. The molecule has 0 amide bonds. The van der Waals surface area contributed by atoms with Gasteiger partial charge in [-0.3, -0.25) is 4.79 Å². The fourth-order valence-corrected chi connectivity index (χ4v) is 3.57. The van der Waals surface area contributed by atoms with Crippen molar-refractivity contribution in [1.29, 1.82) is 5.26 Å². The van der Waals surface area contributed by atoms with Crippen LogP contribution in [0.1, 0.15) is 17.5 Å². The van der Waals surface area contributed by atoms with E-state index >= 15 is 0 Å². The van der Waals surface area contributed by atoms with Crippen molar-refractivity contribution in [1.82, 2.24) is 0 Å². The molecule has 3 aromatic rings. The summed E-state index contributed by atoms with van der Waals surface area (Å²) in [4.78, 5) is 11.1. The number of rotatable bonds is 7. The van der Waals surface area contributed by atoms with Crippen molar-refractivity contribution in [2.45, 2.75) is 12.8 Å². The van der Waals surface area contributed by atoms with E-state index in [9.17, 15) is 10.1 Å². The maximum absolute atomic E-state index is 11.1. The van der Waals surface area contributed by atoms with Gasteiger partial charge in [-0.15, -0.1) is 0 Å². The third kappa shape index (κ3) is 4.56. The second kappa shape index (κ2) is 9.34. The van der Waals surface area contributed by atoms with E-state index in [1.54, 1.807) is 32.4 Å². The molecule has 0 aliphatic carbocycles. The fraction of sp³-hybridized carbons (Fsp3) is 0.167. The smallest absolute Gasteiger partial charge is 0.303 e. The highest BCUT2D eigenvalue weighted by molar-refractivity contribution is 6.32. The van der Waals surface area contributed by atoms with Gasteiger partial charge in [0.1, 0.15) is 11.5 Å². The zero-order valence-electron chi connectivity index (χ0n) is 16.6. The molecule has 0 fully saturated rings. The summed E-state index contributed by atoms with van der Waals surface area (Å²) in [6, 6.07) is 18.8. The van der Waals surface area contributed by atoms with E-state index in [-0.39, 0.29) is 6.42 Å². The Hall–Kier alpha value is -3.49. The summed E-state index contributed by atoms with van der Waals surface area (Å²) in [5.74, 6) is 0.356. The number of benzene rings is 3. The van der Waals surface area contributed by atoms with Gasteiger partial charge in [-0.05, 0) is 64.6 Å². The molecule has 3 rings (SSSR count). The third-order valence-corrected chi connectivity index (χ3v) is 5.13. The summed E-state index contributed by atoms with van der Waals surface area (Å²) in [6.45, 7) is 0. The largest absolute Gasteiger partial charge is 0.497 e. The molecule has 0 radical (unpaired) electrons. The maximum atomic E-state index is 11.1. The first kappa shape index (κ1) is 21.2. The van der Waals surface area contributed by atoms with Crippen LogP contribution in [0.3, 0.4) is 0 Å². The van der Waals surface area contributed by atoms with Crippen LogP contribution in [0.5, 0.6) is 11.5 Å². The SMILES string of the molecule is COc1ccc(-c2ccc(-c3ccc(OC)c(Cl)c3)c(C#N)c2)c(CCC(=O)O)c1. The number of halogens is 1. The van der Waals surface area contributed by atoms with Crippen molar-refractivity contribution in [2.24, 2.45) is 0 Å². The van der Waals surface area contributed by atoms with Gasteiger partial charge in [0, 0.05) is 6.42 Å². The molecular weight excluding hydrogens is 402 g/mol. The highest BCUT2D eigenvalue weighted by Gasteiger charge is 2.13. The molecule has 0 saturated carbocycles. The minimum absolute atomic E-state index is 0.00764. The molecule has 30 heavy (non-hydrogen) atoms. The quantitative estimate of drug-likeness (QED) is 0.538. The molecule has 0 spiro atoms. The molecule has 0 bridgehead atoms. The minimum Gasteiger partial charge on any atom is -0.497 e. The number of carboxylic acid groups (broad SMARTS) is 1. The van der Waals surface area contributed by atoms with E-state index in [0.717, 1.165) is 27.8 Å². The first-order chi connectivity index (χ1) is 14.5. The predicted molar refractivity (Wildman–Crippen MR) is 116 cm³/mol. The summed E-state index contributed by atoms with van der Waals surface area (Å²) >= 11 is 6.24. The lowest BCUT2D eigenvalue weighted by atomic mass is 9.92. The summed E-state index contributed by atoms with van der Waals surface area (Å²) in [6.07, 6.45) is 0.368. The summed E-state index contributed by atoms with van der Waals surface area (Å²) in [7, 11) is 3.12. The van der Waals surface area contributed by atoms with Gasteiger partial charge in [-0.25, -0.2) is 0 Å². The minimum atomic E-state index is -0.867. The van der Waals surface area contributed by atoms with Crippen molar-refractivity contribution < 1.29 is 19.4 Å². The average Bonchev–Trinajstić information content (AvgIpc) is 2.76. The Morgan fingerprint density at radius 2 is 1.70 bits per heavy atom. The van der Waals surface area contributed by atoms with E-state index in [0.29, 0.717) is 28.5 Å². The number of ether oxygens (including phenoxy) is 2. The van der Waals surface area contributed by atoms with Crippen LogP contribution in [0.15, 0.2) is 54.6 Å². The summed E-state index contributed by atoms with van der Waals surface area (Å²) in [5, 5.41) is 19.3. The van der Waals surface area contributed by atoms with Gasteiger partial charge in [0.2, 0.25) is 0 Å². The maximum Gasteiger partial charge on any atom is 0.303 e. The monoisotopic (exact) mass is 421 g/mol. The Labute approximate surface area is 180 Å². The predicted octanol–water partition coefficient (Wildman–Crippen LogP) is 5.58. The normalized spacial score (nSPS) is 10.3. The van der Waals surface area contributed by atoms with Gasteiger partial charge in [-0.2, -0.15) is 5.26 Å². The molecule has 0 unspecified atom stereocenters. The first-order valence-electron chi connectivity index (χ1n) is 9.24. The Morgan fingerprint density at radius 1 is 1.00 bits per heavy atom. The van der Waals surface area contributed by atoms with E-state index < -0.39 is 5.97 Å². The third-order valence-electron chi connectivity index (χ3n) is 4.83. The van der Waals surface area contributed by atoms with Crippen LogP contribution in [-0.2, 0) is 11.2 Å². The van der Waals surface area contributed by atoms with Crippen molar-refractivity contribution in [3.63, 3.8) is 0 Å². The number of hydrogen-bond acceptors (Lipinski definition) is 4. The van der Waals surface area contributed by atoms with Crippen molar-refractivity contribution >= 4 is 17.6 Å². The van der Waals surface area contributed by atoms with Crippen LogP contribution < -0.4 is 9.47 Å². The summed E-state index contributed by atoms with van der Waals surface area (Å²) in [5.41, 5.74) is 4.61. The zero-order valence-corrected chi connectivity index (χ0v) is 17.4. The van der Waals surface area contributed by atoms with Gasteiger partial charge in [0.15, 0.2) is 0 Å². The molecule has 6 heteroatoms. The lowest BCUT2D eigenvalue weighted by Gasteiger charge is -2.13. The molecule has 0 aliphatic heterocycles. The van der Waals surface area contributed by atoms with Crippen LogP contribution in [-0.4, -0.2) is 25.3 Å². The van der Waals surface area contributed by atoms with Crippen molar-refractivity contribution in [3.8, 4) is 39.8 Å². The molecule has 0 aliphatic rings. The van der Waals surface area contributed by atoms with Gasteiger partial charge < -0.3 is 14.6 Å². The molecule has 0 saturated heterocycles. The average molecular weight is 422 g/mol. The van der Waals surface area contributed by atoms with Gasteiger partial charge in [0.05, 0.1) is 30.9 Å². The Morgan fingerprint density at radius 3 is 2.33 bits per heavy atom. The Bertz CT molecular complexity index is 1130. The van der Waals surface area contributed by atoms with Crippen LogP contribution >= 0.6 is 11.6 Å². The van der Waals surface area contributed by atoms with E-state index in [1.165, 1.54) is 0 Å². The number of nitriles is 1. The van der Waals surface area contributed by atoms with Crippen LogP contribution in [0.25, 0.3) is 22.3 Å². The Balaban J connectivity index is 2.06. The first-order valence-corrected chi connectivity index (χ1v) is 9.61. The standard InChI is InChI=1S/C24H20ClNO4/c1-29-19-6-8-20(16(12-19)5-10-24(27)28)15-3-7-21(18(11-15)14-26)17-4-9-23(30-2)22(25)13-17/h3-4,6-9,11-13H,5,10H2,1-2H3,(H,27,28). The highest BCUT2D eigenvalue weighted by Crippen LogP contribution is 2.35. The number of carboxylic acids is 1. The number of methoxy groups -OCH3 is 2.